The molecule has 34 heavy (non-hydrogen) atoms. The summed E-state index contributed by atoms with van der Waals surface area (Å²) in [7, 11) is 0. The minimum atomic E-state index is -4.55. The van der Waals surface area contributed by atoms with E-state index < -0.39 is 11.9 Å². The standard InChI is InChI=1S/C25H27Cl2F3N4/c26-16-4-3-15-10-21-19(20(15)11-16)7-9-34(23(21)14-33-12-17(31)13-33)8-1-2-18-5-6-22(27)24(32-18)25(28,29)30/h3-6,11,17,23H,1-2,7-10,12-14,31H2. The fourth-order valence-electron chi connectivity index (χ4n) is 5.50. The largest absolute Gasteiger partial charge is 0.434 e. The fraction of sp³-hybridized carbons (Fsp3) is 0.480. The predicted octanol–water partition coefficient (Wildman–Crippen LogP) is 5.07. The second kappa shape index (κ2) is 9.43. The molecule has 1 unspecified atom stereocenters. The van der Waals surface area contributed by atoms with Gasteiger partial charge < -0.3 is 5.73 Å². The van der Waals surface area contributed by atoms with Crippen molar-refractivity contribution in [1.29, 1.82) is 0 Å². The summed E-state index contributed by atoms with van der Waals surface area (Å²) in [5, 5.41) is 0.398. The van der Waals surface area contributed by atoms with Gasteiger partial charge >= 0.3 is 6.18 Å². The van der Waals surface area contributed by atoms with Crippen LogP contribution in [0.25, 0.3) is 5.57 Å². The zero-order chi connectivity index (χ0) is 24.0. The van der Waals surface area contributed by atoms with E-state index in [2.05, 4.69) is 26.9 Å². The summed E-state index contributed by atoms with van der Waals surface area (Å²) in [6.45, 7) is 4.44. The molecule has 5 rings (SSSR count). The van der Waals surface area contributed by atoms with Gasteiger partial charge in [-0.15, -0.1) is 0 Å². The Labute approximate surface area is 207 Å². The molecular weight excluding hydrogens is 484 g/mol. The molecule has 3 aliphatic rings. The van der Waals surface area contributed by atoms with Crippen LogP contribution in [0.1, 0.15) is 35.4 Å². The van der Waals surface area contributed by atoms with E-state index >= 15 is 0 Å². The fourth-order valence-corrected chi connectivity index (χ4v) is 5.88. The Morgan fingerprint density at radius 1 is 1.12 bits per heavy atom. The summed E-state index contributed by atoms with van der Waals surface area (Å²) in [6.07, 6.45) is -1.47. The van der Waals surface area contributed by atoms with Gasteiger partial charge in [0.25, 0.3) is 0 Å². The Kier molecular flexibility index (Phi) is 6.68. The summed E-state index contributed by atoms with van der Waals surface area (Å²) in [5.74, 6) is 0. The van der Waals surface area contributed by atoms with Crippen LogP contribution in [0.15, 0.2) is 35.9 Å². The molecule has 1 saturated heterocycles. The van der Waals surface area contributed by atoms with Crippen LogP contribution in [-0.2, 0) is 19.0 Å². The third-order valence-electron chi connectivity index (χ3n) is 7.12. The normalized spacial score (nSPS) is 21.5. The van der Waals surface area contributed by atoms with Gasteiger partial charge in [0, 0.05) is 49.0 Å². The maximum absolute atomic E-state index is 13.2. The molecule has 0 saturated carbocycles. The number of rotatable bonds is 6. The van der Waals surface area contributed by atoms with Gasteiger partial charge in [0.1, 0.15) is 0 Å². The Hall–Kier alpha value is -1.64. The van der Waals surface area contributed by atoms with E-state index in [0.29, 0.717) is 12.1 Å². The summed E-state index contributed by atoms with van der Waals surface area (Å²) >= 11 is 12.0. The number of nitrogens with two attached hydrogens (primary N) is 1. The van der Waals surface area contributed by atoms with E-state index in [0.717, 1.165) is 57.0 Å². The van der Waals surface area contributed by atoms with Crippen LogP contribution < -0.4 is 5.73 Å². The van der Waals surface area contributed by atoms with Gasteiger partial charge in [-0.2, -0.15) is 13.2 Å². The number of halogens is 5. The molecule has 0 amide bonds. The summed E-state index contributed by atoms with van der Waals surface area (Å²) < 4.78 is 39.5. The first kappa shape index (κ1) is 24.1. The van der Waals surface area contributed by atoms with Crippen molar-refractivity contribution >= 4 is 28.8 Å². The maximum Gasteiger partial charge on any atom is 0.434 e. The summed E-state index contributed by atoms with van der Waals surface area (Å²) in [6, 6.07) is 9.55. The van der Waals surface area contributed by atoms with Gasteiger partial charge in [0.2, 0.25) is 0 Å². The maximum atomic E-state index is 13.2. The zero-order valence-corrected chi connectivity index (χ0v) is 20.2. The van der Waals surface area contributed by atoms with E-state index in [1.165, 1.54) is 28.3 Å². The van der Waals surface area contributed by atoms with Crippen LogP contribution in [0.3, 0.4) is 0 Å². The molecule has 0 spiro atoms. The van der Waals surface area contributed by atoms with Gasteiger partial charge in [-0.05, 0) is 78.8 Å². The highest BCUT2D eigenvalue weighted by atomic mass is 35.5. The SMILES string of the molecule is NC1CN(CC2C3=C(CCN2CCCc2ccc(Cl)c(C(F)(F)F)n2)c2cc(Cl)ccc2C3)C1. The highest BCUT2D eigenvalue weighted by Gasteiger charge is 2.38. The summed E-state index contributed by atoms with van der Waals surface area (Å²) in [5.41, 5.74) is 10.9. The van der Waals surface area contributed by atoms with Gasteiger partial charge in [-0.25, -0.2) is 4.98 Å². The monoisotopic (exact) mass is 510 g/mol. The van der Waals surface area contributed by atoms with Crippen LogP contribution in [-0.4, -0.2) is 59.6 Å². The molecule has 1 atom stereocenters. The van der Waals surface area contributed by atoms with E-state index in [1.807, 2.05) is 6.07 Å². The first-order valence-electron chi connectivity index (χ1n) is 11.6. The Balaban J connectivity index is 1.30. The predicted molar refractivity (Wildman–Crippen MR) is 129 cm³/mol. The number of likely N-dealkylation sites (tertiary alicyclic amines) is 1. The molecule has 2 aromatic rings. The van der Waals surface area contributed by atoms with Crippen molar-refractivity contribution in [3.63, 3.8) is 0 Å². The number of alkyl halides is 3. The lowest BCUT2D eigenvalue weighted by Gasteiger charge is -2.44. The molecule has 9 heteroatoms. The number of pyridine rings is 1. The minimum Gasteiger partial charge on any atom is -0.325 e. The van der Waals surface area contributed by atoms with Gasteiger partial charge in [-0.3, -0.25) is 9.80 Å². The van der Waals surface area contributed by atoms with Crippen molar-refractivity contribution in [2.75, 3.05) is 32.7 Å². The van der Waals surface area contributed by atoms with Crippen molar-refractivity contribution < 1.29 is 13.2 Å². The minimum absolute atomic E-state index is 0.240. The molecule has 2 aliphatic heterocycles. The molecule has 1 fully saturated rings. The quantitative estimate of drug-likeness (QED) is 0.589. The number of hydrogen-bond donors (Lipinski definition) is 1. The van der Waals surface area contributed by atoms with E-state index in [-0.39, 0.29) is 17.1 Å². The molecule has 1 aromatic carbocycles. The number of hydrogen-bond acceptors (Lipinski definition) is 4. The first-order chi connectivity index (χ1) is 16.2. The number of fused-ring (bicyclic) bond motifs is 2. The zero-order valence-electron chi connectivity index (χ0n) is 18.7. The lowest BCUT2D eigenvalue weighted by Crippen LogP contribution is -2.60. The van der Waals surface area contributed by atoms with Crippen LogP contribution in [0.4, 0.5) is 13.2 Å². The molecule has 182 valence electrons. The average Bonchev–Trinajstić information content (AvgIpc) is 3.12. The van der Waals surface area contributed by atoms with Gasteiger partial charge in [0.05, 0.1) is 5.02 Å². The Morgan fingerprint density at radius 3 is 2.65 bits per heavy atom. The number of aryl methyl sites for hydroxylation is 1. The van der Waals surface area contributed by atoms with Crippen molar-refractivity contribution in [1.82, 2.24) is 14.8 Å². The Morgan fingerprint density at radius 2 is 1.91 bits per heavy atom. The molecule has 1 aromatic heterocycles. The highest BCUT2D eigenvalue weighted by molar-refractivity contribution is 6.31. The van der Waals surface area contributed by atoms with Crippen LogP contribution >= 0.6 is 23.2 Å². The molecule has 0 bridgehead atoms. The number of benzene rings is 1. The van der Waals surface area contributed by atoms with Crippen molar-refractivity contribution in [2.45, 2.75) is 43.9 Å². The number of nitrogens with zero attached hydrogens (tertiary/aromatic N) is 3. The molecule has 2 N–H and O–H groups in total. The smallest absolute Gasteiger partial charge is 0.325 e. The van der Waals surface area contributed by atoms with E-state index in [9.17, 15) is 13.2 Å². The average molecular weight is 511 g/mol. The van der Waals surface area contributed by atoms with Crippen LogP contribution in [0, 0.1) is 0 Å². The summed E-state index contributed by atoms with van der Waals surface area (Å²) in [4.78, 5) is 8.67. The molecule has 3 heterocycles. The van der Waals surface area contributed by atoms with Gasteiger partial charge in [-0.1, -0.05) is 29.3 Å². The second-order valence-electron chi connectivity index (χ2n) is 9.50. The third kappa shape index (κ3) is 4.86. The van der Waals surface area contributed by atoms with Crippen molar-refractivity contribution in [3.8, 4) is 0 Å². The molecular formula is C25H27Cl2F3N4. The lowest BCUT2D eigenvalue weighted by molar-refractivity contribution is -0.141. The third-order valence-corrected chi connectivity index (χ3v) is 7.66. The van der Waals surface area contributed by atoms with E-state index in [1.54, 1.807) is 6.07 Å². The van der Waals surface area contributed by atoms with Crippen LogP contribution in [0.5, 0.6) is 0 Å². The van der Waals surface area contributed by atoms with E-state index in [4.69, 9.17) is 28.9 Å². The van der Waals surface area contributed by atoms with Crippen molar-refractivity contribution in [3.05, 3.63) is 68.5 Å². The molecule has 0 radical (unpaired) electrons. The van der Waals surface area contributed by atoms with Crippen LogP contribution in [0.2, 0.25) is 10.0 Å². The van der Waals surface area contributed by atoms with Gasteiger partial charge in [0.15, 0.2) is 5.69 Å². The Bertz CT molecular complexity index is 1110. The first-order valence-corrected chi connectivity index (χ1v) is 12.4. The second-order valence-corrected chi connectivity index (χ2v) is 10.3. The highest BCUT2D eigenvalue weighted by Crippen LogP contribution is 2.42. The van der Waals surface area contributed by atoms with Crippen molar-refractivity contribution in [2.24, 2.45) is 5.73 Å². The topological polar surface area (TPSA) is 45.4 Å². The number of aromatic nitrogens is 1. The molecule has 4 nitrogen and oxygen atoms in total. The lowest BCUT2D eigenvalue weighted by atomic mass is 9.91. The molecule has 1 aliphatic carbocycles.